The number of imidazole rings is 1. The fraction of sp³-hybridized carbons (Fsp3) is 0.0714. The van der Waals surface area contributed by atoms with Gasteiger partial charge in [0.1, 0.15) is 5.65 Å². The number of aromatic nitrogens is 4. The van der Waals surface area contributed by atoms with Gasteiger partial charge in [0.25, 0.3) is 0 Å². The molecule has 18 heavy (non-hydrogen) atoms. The van der Waals surface area contributed by atoms with Crippen molar-refractivity contribution >= 4 is 28.0 Å². The molecule has 4 aromatic rings. The predicted octanol–water partition coefficient (Wildman–Crippen LogP) is 2.74. The average molecular weight is 234 g/mol. The van der Waals surface area contributed by atoms with Crippen LogP contribution in [-0.4, -0.2) is 19.4 Å². The molecule has 0 saturated carbocycles. The zero-order chi connectivity index (χ0) is 12.1. The molecule has 0 spiro atoms. The van der Waals surface area contributed by atoms with Crippen LogP contribution in [0.25, 0.3) is 28.0 Å². The molecule has 4 nitrogen and oxygen atoms in total. The number of aryl methyl sites for hydroxylation is 1. The van der Waals surface area contributed by atoms with Crippen molar-refractivity contribution in [1.29, 1.82) is 0 Å². The first-order chi connectivity index (χ1) is 8.83. The Morgan fingerprint density at radius 3 is 2.44 bits per heavy atom. The molecule has 3 aromatic heterocycles. The van der Waals surface area contributed by atoms with Gasteiger partial charge >= 0.3 is 0 Å². The zero-order valence-corrected chi connectivity index (χ0v) is 9.83. The number of para-hydroxylation sites is 2. The summed E-state index contributed by atoms with van der Waals surface area (Å²) in [5.41, 5.74) is 5.33. The number of fused-ring (bicyclic) bond motifs is 4. The number of hydrogen-bond donors (Lipinski definition) is 0. The van der Waals surface area contributed by atoms with Gasteiger partial charge in [-0.15, -0.1) is 0 Å². The van der Waals surface area contributed by atoms with Gasteiger partial charge in [-0.2, -0.15) is 0 Å². The molecule has 0 saturated heterocycles. The Morgan fingerprint density at radius 2 is 1.61 bits per heavy atom. The third-order valence-corrected chi connectivity index (χ3v) is 3.14. The summed E-state index contributed by atoms with van der Waals surface area (Å²) in [4.78, 5) is 13.8. The van der Waals surface area contributed by atoms with E-state index in [1.54, 1.807) is 0 Å². The maximum absolute atomic E-state index is 4.64. The zero-order valence-electron chi connectivity index (χ0n) is 9.83. The molecular weight excluding hydrogens is 224 g/mol. The van der Waals surface area contributed by atoms with E-state index in [0.29, 0.717) is 5.65 Å². The maximum Gasteiger partial charge on any atom is 0.198 e. The molecule has 4 heteroatoms. The minimum Gasteiger partial charge on any atom is -0.282 e. The van der Waals surface area contributed by atoms with Gasteiger partial charge in [0.15, 0.2) is 11.3 Å². The van der Waals surface area contributed by atoms with Gasteiger partial charge in [-0.3, -0.25) is 4.40 Å². The van der Waals surface area contributed by atoms with Crippen LogP contribution >= 0.6 is 0 Å². The molecule has 0 bridgehead atoms. The quantitative estimate of drug-likeness (QED) is 0.470. The number of hydrogen-bond acceptors (Lipinski definition) is 3. The van der Waals surface area contributed by atoms with Crippen LogP contribution in [0.1, 0.15) is 5.56 Å². The van der Waals surface area contributed by atoms with Crippen LogP contribution in [0.5, 0.6) is 0 Å². The minimum absolute atomic E-state index is 0.697. The summed E-state index contributed by atoms with van der Waals surface area (Å²) < 4.78 is 1.99. The van der Waals surface area contributed by atoms with Crippen LogP contribution in [0.15, 0.2) is 42.6 Å². The van der Waals surface area contributed by atoms with E-state index in [-0.39, 0.29) is 0 Å². The first kappa shape index (κ1) is 9.53. The van der Waals surface area contributed by atoms with Gasteiger partial charge in [0.2, 0.25) is 0 Å². The molecule has 0 aliphatic carbocycles. The van der Waals surface area contributed by atoms with Gasteiger partial charge in [-0.1, -0.05) is 18.2 Å². The van der Waals surface area contributed by atoms with Crippen molar-refractivity contribution in [2.75, 3.05) is 0 Å². The van der Waals surface area contributed by atoms with Crippen molar-refractivity contribution in [2.45, 2.75) is 6.92 Å². The molecule has 0 radical (unpaired) electrons. The highest BCUT2D eigenvalue weighted by atomic mass is 15.1. The SMILES string of the molecule is Cc1cccn2c1nc1nc3ccccc3nc12. The maximum atomic E-state index is 4.64. The highest BCUT2D eigenvalue weighted by Gasteiger charge is 2.09. The van der Waals surface area contributed by atoms with Crippen LogP contribution in [0.2, 0.25) is 0 Å². The van der Waals surface area contributed by atoms with Crippen LogP contribution in [0.4, 0.5) is 0 Å². The van der Waals surface area contributed by atoms with Gasteiger partial charge in [0, 0.05) is 6.20 Å². The Bertz CT molecular complexity index is 892. The normalized spacial score (nSPS) is 11.6. The second-order valence-corrected chi connectivity index (χ2v) is 4.36. The second kappa shape index (κ2) is 3.26. The first-order valence-corrected chi connectivity index (χ1v) is 5.83. The van der Waals surface area contributed by atoms with Gasteiger partial charge < -0.3 is 0 Å². The number of rotatable bonds is 0. The van der Waals surface area contributed by atoms with E-state index in [1.165, 1.54) is 0 Å². The van der Waals surface area contributed by atoms with Crippen LogP contribution in [0.3, 0.4) is 0 Å². The Kier molecular flexibility index (Phi) is 1.73. The van der Waals surface area contributed by atoms with Crippen molar-refractivity contribution in [3.63, 3.8) is 0 Å². The van der Waals surface area contributed by atoms with Crippen molar-refractivity contribution in [2.24, 2.45) is 0 Å². The van der Waals surface area contributed by atoms with E-state index >= 15 is 0 Å². The summed E-state index contributed by atoms with van der Waals surface area (Å²) in [7, 11) is 0. The molecule has 3 heterocycles. The largest absolute Gasteiger partial charge is 0.282 e. The summed E-state index contributed by atoms with van der Waals surface area (Å²) in [5, 5.41) is 0. The Morgan fingerprint density at radius 1 is 0.833 bits per heavy atom. The van der Waals surface area contributed by atoms with E-state index < -0.39 is 0 Å². The molecule has 86 valence electrons. The number of pyridine rings is 1. The molecule has 0 fully saturated rings. The fourth-order valence-corrected chi connectivity index (χ4v) is 2.24. The summed E-state index contributed by atoms with van der Waals surface area (Å²) in [6.45, 7) is 2.04. The smallest absolute Gasteiger partial charge is 0.198 e. The third-order valence-electron chi connectivity index (χ3n) is 3.14. The van der Waals surface area contributed by atoms with Gasteiger partial charge in [-0.05, 0) is 30.7 Å². The van der Waals surface area contributed by atoms with E-state index in [9.17, 15) is 0 Å². The number of benzene rings is 1. The minimum atomic E-state index is 0.697. The highest BCUT2D eigenvalue weighted by molar-refractivity contribution is 5.85. The van der Waals surface area contributed by atoms with E-state index in [2.05, 4.69) is 15.0 Å². The van der Waals surface area contributed by atoms with Crippen LogP contribution in [0, 0.1) is 6.92 Å². The lowest BCUT2D eigenvalue weighted by Crippen LogP contribution is -1.89. The van der Waals surface area contributed by atoms with Crippen molar-refractivity contribution in [3.8, 4) is 0 Å². The first-order valence-electron chi connectivity index (χ1n) is 5.83. The molecule has 4 rings (SSSR count). The molecular formula is C14H10N4. The monoisotopic (exact) mass is 234 g/mol. The van der Waals surface area contributed by atoms with Crippen LogP contribution in [-0.2, 0) is 0 Å². The molecule has 0 amide bonds. The van der Waals surface area contributed by atoms with Crippen molar-refractivity contribution in [3.05, 3.63) is 48.2 Å². The highest BCUT2D eigenvalue weighted by Crippen LogP contribution is 2.18. The van der Waals surface area contributed by atoms with Gasteiger partial charge in [-0.25, -0.2) is 15.0 Å². The molecule has 0 aliphatic heterocycles. The van der Waals surface area contributed by atoms with Crippen LogP contribution < -0.4 is 0 Å². The topological polar surface area (TPSA) is 43.1 Å². The molecule has 0 N–H and O–H groups in total. The Balaban J connectivity index is 2.27. The van der Waals surface area contributed by atoms with Crippen molar-refractivity contribution in [1.82, 2.24) is 19.4 Å². The van der Waals surface area contributed by atoms with E-state index in [0.717, 1.165) is 27.9 Å². The number of nitrogens with zero attached hydrogens (tertiary/aromatic N) is 4. The van der Waals surface area contributed by atoms with Gasteiger partial charge in [0.05, 0.1) is 11.0 Å². The fourth-order valence-electron chi connectivity index (χ4n) is 2.24. The lowest BCUT2D eigenvalue weighted by molar-refractivity contribution is 1.17. The third kappa shape index (κ3) is 1.17. The lowest BCUT2D eigenvalue weighted by Gasteiger charge is -1.97. The molecule has 1 aromatic carbocycles. The molecule has 0 unspecified atom stereocenters. The molecule has 0 aliphatic rings. The Labute approximate surface area is 103 Å². The summed E-state index contributed by atoms with van der Waals surface area (Å²) >= 11 is 0. The standard InChI is InChI=1S/C14H10N4/c1-9-5-4-8-18-13(9)17-12-14(18)16-11-7-3-2-6-10(11)15-12/h2-8H,1H3. The van der Waals surface area contributed by atoms with E-state index in [4.69, 9.17) is 0 Å². The van der Waals surface area contributed by atoms with E-state index in [1.807, 2.05) is 53.9 Å². The lowest BCUT2D eigenvalue weighted by atomic mass is 10.3. The summed E-state index contributed by atoms with van der Waals surface area (Å²) in [5.74, 6) is 0. The van der Waals surface area contributed by atoms with Crippen molar-refractivity contribution < 1.29 is 0 Å². The predicted molar refractivity (Wildman–Crippen MR) is 70.5 cm³/mol. The summed E-state index contributed by atoms with van der Waals surface area (Å²) in [6.07, 6.45) is 1.97. The Hall–Kier alpha value is -2.49. The molecule has 0 atom stereocenters. The average Bonchev–Trinajstić information content (AvgIpc) is 2.76. The second-order valence-electron chi connectivity index (χ2n) is 4.36. The summed E-state index contributed by atoms with van der Waals surface area (Å²) in [6, 6.07) is 11.9.